The van der Waals surface area contributed by atoms with E-state index < -0.39 is 0 Å². The van der Waals surface area contributed by atoms with Gasteiger partial charge in [0.1, 0.15) is 12.4 Å². The first-order valence-corrected chi connectivity index (χ1v) is 10.5. The molecule has 0 aliphatic carbocycles. The fraction of sp³-hybridized carbons (Fsp3) is 0.381. The van der Waals surface area contributed by atoms with E-state index in [-0.39, 0.29) is 11.9 Å². The number of aromatic nitrogens is 4. The third kappa shape index (κ3) is 3.89. The minimum Gasteiger partial charge on any atom is -0.486 e. The molecule has 0 amide bonds. The van der Waals surface area contributed by atoms with Gasteiger partial charge in [-0.3, -0.25) is 4.79 Å². The number of para-hydroxylation sites is 2. The molecule has 0 saturated carbocycles. The van der Waals surface area contributed by atoms with Gasteiger partial charge in [-0.05, 0) is 39.0 Å². The van der Waals surface area contributed by atoms with Gasteiger partial charge in [-0.2, -0.15) is 0 Å². The van der Waals surface area contributed by atoms with E-state index in [2.05, 4.69) is 14.8 Å². The molecule has 4 rings (SSSR count). The van der Waals surface area contributed by atoms with Crippen LogP contribution in [0.2, 0.25) is 0 Å². The Labute approximate surface area is 174 Å². The van der Waals surface area contributed by atoms with E-state index in [0.717, 1.165) is 39.4 Å². The molecule has 2 aromatic heterocycles. The lowest BCUT2D eigenvalue weighted by atomic mass is 10.2. The molecule has 1 aliphatic heterocycles. The molecular formula is C21H24N4O3S. The first-order valence-electron chi connectivity index (χ1n) is 9.51. The van der Waals surface area contributed by atoms with E-state index in [1.54, 1.807) is 0 Å². The lowest BCUT2D eigenvalue weighted by Crippen LogP contribution is -2.33. The fourth-order valence-electron chi connectivity index (χ4n) is 3.44. The average molecular weight is 413 g/mol. The molecule has 29 heavy (non-hydrogen) atoms. The third-order valence-electron chi connectivity index (χ3n) is 5.21. The zero-order valence-corrected chi connectivity index (χ0v) is 17.8. The monoisotopic (exact) mass is 412 g/mol. The summed E-state index contributed by atoms with van der Waals surface area (Å²) in [6.07, 6.45) is -0.103. The summed E-state index contributed by atoms with van der Waals surface area (Å²) in [4.78, 5) is 12.8. The summed E-state index contributed by atoms with van der Waals surface area (Å²) in [6.45, 7) is 7.01. The van der Waals surface area contributed by atoms with Crippen LogP contribution in [0.4, 0.5) is 0 Å². The minimum absolute atomic E-state index is 0.0844. The van der Waals surface area contributed by atoms with Crippen LogP contribution in [0, 0.1) is 20.8 Å². The summed E-state index contributed by atoms with van der Waals surface area (Å²) in [5.74, 6) is 2.78. The molecule has 8 heteroatoms. The molecule has 1 atom stereocenters. The van der Waals surface area contributed by atoms with E-state index in [1.165, 1.54) is 11.8 Å². The van der Waals surface area contributed by atoms with E-state index in [1.807, 2.05) is 62.7 Å². The molecule has 1 aromatic carbocycles. The molecule has 0 saturated heterocycles. The van der Waals surface area contributed by atoms with Gasteiger partial charge in [-0.15, -0.1) is 10.2 Å². The van der Waals surface area contributed by atoms with Crippen molar-refractivity contribution in [2.75, 3.05) is 12.4 Å². The summed E-state index contributed by atoms with van der Waals surface area (Å²) in [5.41, 5.74) is 2.73. The van der Waals surface area contributed by atoms with Crippen molar-refractivity contribution in [2.45, 2.75) is 38.6 Å². The molecule has 0 N–H and O–H groups in total. The number of carbonyl (C=O) groups is 1. The molecule has 0 radical (unpaired) electrons. The van der Waals surface area contributed by atoms with Gasteiger partial charge in [0.2, 0.25) is 0 Å². The zero-order valence-electron chi connectivity index (χ0n) is 17.0. The lowest BCUT2D eigenvalue weighted by molar-refractivity contribution is 0.0777. The molecule has 7 nitrogen and oxygen atoms in total. The Hall–Kier alpha value is -2.74. The second kappa shape index (κ2) is 7.94. The standard InChI is InChI=1S/C21H24N4O3S/c1-13-9-17(18(26)12-29-21-23-22-15(3)24(21)4)14(2)25(13)10-16-11-27-19-7-5-6-8-20(19)28-16/h5-9,16H,10-12H2,1-4H3/t16-/m0/s1. The Balaban J connectivity index is 1.45. The number of hydrogen-bond acceptors (Lipinski definition) is 6. The molecule has 3 heterocycles. The van der Waals surface area contributed by atoms with Crippen LogP contribution >= 0.6 is 11.8 Å². The molecular weight excluding hydrogens is 388 g/mol. The summed E-state index contributed by atoms with van der Waals surface area (Å²) >= 11 is 1.41. The number of aryl methyl sites for hydroxylation is 2. The number of ether oxygens (including phenoxy) is 2. The van der Waals surface area contributed by atoms with E-state index in [9.17, 15) is 4.79 Å². The van der Waals surface area contributed by atoms with Gasteiger partial charge in [0.25, 0.3) is 0 Å². The van der Waals surface area contributed by atoms with Crippen molar-refractivity contribution in [3.8, 4) is 11.5 Å². The van der Waals surface area contributed by atoms with E-state index in [0.29, 0.717) is 18.9 Å². The number of rotatable bonds is 6. The van der Waals surface area contributed by atoms with Gasteiger partial charge in [0.05, 0.1) is 12.3 Å². The van der Waals surface area contributed by atoms with E-state index in [4.69, 9.17) is 9.47 Å². The van der Waals surface area contributed by atoms with E-state index >= 15 is 0 Å². The van der Waals surface area contributed by atoms with Crippen LogP contribution in [0.1, 0.15) is 27.6 Å². The first-order chi connectivity index (χ1) is 13.9. The maximum absolute atomic E-state index is 12.8. The van der Waals surface area contributed by atoms with Gasteiger partial charge >= 0.3 is 0 Å². The molecule has 152 valence electrons. The van der Waals surface area contributed by atoms with Crippen LogP contribution < -0.4 is 9.47 Å². The normalized spacial score (nSPS) is 15.5. The molecule has 1 aliphatic rings. The van der Waals surface area contributed by atoms with Crippen molar-refractivity contribution in [1.29, 1.82) is 0 Å². The number of carbonyl (C=O) groups excluding carboxylic acids is 1. The van der Waals surface area contributed by atoms with Gasteiger partial charge in [-0.1, -0.05) is 23.9 Å². The van der Waals surface area contributed by atoms with Crippen LogP contribution in [0.25, 0.3) is 0 Å². The largest absolute Gasteiger partial charge is 0.486 e. The summed E-state index contributed by atoms with van der Waals surface area (Å²) in [5, 5.41) is 8.89. The minimum atomic E-state index is -0.103. The molecule has 0 spiro atoms. The summed E-state index contributed by atoms with van der Waals surface area (Å²) in [7, 11) is 1.90. The molecule has 0 unspecified atom stereocenters. The molecule has 0 fully saturated rings. The Morgan fingerprint density at radius 2 is 1.97 bits per heavy atom. The number of nitrogens with zero attached hydrogens (tertiary/aromatic N) is 4. The van der Waals surface area contributed by atoms with Crippen molar-refractivity contribution >= 4 is 17.5 Å². The highest BCUT2D eigenvalue weighted by Gasteiger charge is 2.24. The zero-order chi connectivity index (χ0) is 20.5. The van der Waals surface area contributed by atoms with Gasteiger partial charge < -0.3 is 18.6 Å². The van der Waals surface area contributed by atoms with Crippen LogP contribution in [0.3, 0.4) is 0 Å². The lowest BCUT2D eigenvalue weighted by Gasteiger charge is -2.27. The maximum Gasteiger partial charge on any atom is 0.191 e. The van der Waals surface area contributed by atoms with Crippen molar-refractivity contribution in [3.63, 3.8) is 0 Å². The molecule has 0 bridgehead atoms. The number of ketones is 1. The number of hydrogen-bond donors (Lipinski definition) is 0. The molecule has 3 aromatic rings. The fourth-order valence-corrected chi connectivity index (χ4v) is 4.28. The summed E-state index contributed by atoms with van der Waals surface area (Å²) in [6, 6.07) is 9.64. The van der Waals surface area contributed by atoms with Crippen LogP contribution in [0.5, 0.6) is 11.5 Å². The highest BCUT2D eigenvalue weighted by atomic mass is 32.2. The average Bonchev–Trinajstić information content (AvgIpc) is 3.19. The van der Waals surface area contributed by atoms with Gasteiger partial charge in [0, 0.05) is 24.0 Å². The Bertz CT molecular complexity index is 1060. The smallest absolute Gasteiger partial charge is 0.191 e. The number of benzene rings is 1. The number of fused-ring (bicyclic) bond motifs is 1. The van der Waals surface area contributed by atoms with Crippen molar-refractivity contribution in [1.82, 2.24) is 19.3 Å². The Morgan fingerprint density at radius 1 is 1.21 bits per heavy atom. The maximum atomic E-state index is 12.8. The van der Waals surface area contributed by atoms with Gasteiger partial charge in [-0.25, -0.2) is 0 Å². The summed E-state index contributed by atoms with van der Waals surface area (Å²) < 4.78 is 15.9. The second-order valence-electron chi connectivity index (χ2n) is 7.19. The second-order valence-corrected chi connectivity index (χ2v) is 8.14. The Morgan fingerprint density at radius 3 is 2.69 bits per heavy atom. The first kappa shape index (κ1) is 19.6. The predicted octanol–water partition coefficient (Wildman–Crippen LogP) is 3.36. The predicted molar refractivity (Wildman–Crippen MR) is 111 cm³/mol. The SMILES string of the molecule is Cc1nnc(SCC(=O)c2cc(C)n(C[C@H]3COc4ccccc4O3)c2C)n1C. The topological polar surface area (TPSA) is 71.2 Å². The highest BCUT2D eigenvalue weighted by Crippen LogP contribution is 2.31. The highest BCUT2D eigenvalue weighted by molar-refractivity contribution is 7.99. The Kier molecular flexibility index (Phi) is 5.36. The van der Waals surface area contributed by atoms with Crippen LogP contribution in [-0.2, 0) is 13.6 Å². The van der Waals surface area contributed by atoms with Crippen molar-refractivity contribution in [3.05, 3.63) is 53.1 Å². The van der Waals surface area contributed by atoms with Crippen LogP contribution in [0.15, 0.2) is 35.5 Å². The number of Topliss-reactive ketones (excluding diaryl/α,β-unsaturated/α-hetero) is 1. The van der Waals surface area contributed by atoms with Crippen molar-refractivity contribution in [2.24, 2.45) is 7.05 Å². The van der Waals surface area contributed by atoms with Gasteiger partial charge in [0.15, 0.2) is 28.5 Å². The third-order valence-corrected chi connectivity index (χ3v) is 6.23. The van der Waals surface area contributed by atoms with Crippen LogP contribution in [-0.4, -0.2) is 43.6 Å². The van der Waals surface area contributed by atoms with Crippen molar-refractivity contribution < 1.29 is 14.3 Å². The number of thioether (sulfide) groups is 1. The quantitative estimate of drug-likeness (QED) is 0.457.